The lowest BCUT2D eigenvalue weighted by Gasteiger charge is -2.22. The molecule has 2 aromatic heterocycles. The van der Waals surface area contributed by atoms with Crippen molar-refractivity contribution in [1.29, 1.82) is 0 Å². The first-order chi connectivity index (χ1) is 14.7. The van der Waals surface area contributed by atoms with E-state index in [9.17, 15) is 0 Å². The molecular formula is C23H31N7. The SMILES string of the molecule is CCNC(=NCCc1nnc2ccccn12)NC(C)c1cccc(N2CCCC2)c1. The Labute approximate surface area is 178 Å². The minimum Gasteiger partial charge on any atom is -0.372 e. The van der Waals surface area contributed by atoms with E-state index in [1.54, 1.807) is 0 Å². The monoisotopic (exact) mass is 405 g/mol. The average molecular weight is 406 g/mol. The highest BCUT2D eigenvalue weighted by molar-refractivity contribution is 5.80. The van der Waals surface area contributed by atoms with E-state index >= 15 is 0 Å². The first-order valence-electron chi connectivity index (χ1n) is 10.9. The van der Waals surface area contributed by atoms with Crippen molar-refractivity contribution >= 4 is 17.3 Å². The van der Waals surface area contributed by atoms with Gasteiger partial charge in [-0.2, -0.15) is 0 Å². The van der Waals surface area contributed by atoms with Crippen LogP contribution in [0, 0.1) is 0 Å². The van der Waals surface area contributed by atoms with Crippen LogP contribution in [0.2, 0.25) is 0 Å². The molecule has 1 aliphatic rings. The van der Waals surface area contributed by atoms with Crippen LogP contribution in [0.4, 0.5) is 5.69 Å². The summed E-state index contributed by atoms with van der Waals surface area (Å²) in [5, 5.41) is 15.4. The summed E-state index contributed by atoms with van der Waals surface area (Å²) in [7, 11) is 0. The van der Waals surface area contributed by atoms with E-state index in [-0.39, 0.29) is 6.04 Å². The zero-order valence-corrected chi connectivity index (χ0v) is 17.9. The first-order valence-corrected chi connectivity index (χ1v) is 10.9. The van der Waals surface area contributed by atoms with E-state index in [0.29, 0.717) is 6.54 Å². The lowest BCUT2D eigenvalue weighted by Crippen LogP contribution is -2.39. The second-order valence-corrected chi connectivity index (χ2v) is 7.71. The predicted octanol–water partition coefficient (Wildman–Crippen LogP) is 3.19. The predicted molar refractivity (Wildman–Crippen MR) is 122 cm³/mol. The highest BCUT2D eigenvalue weighted by atomic mass is 15.2. The molecule has 30 heavy (non-hydrogen) atoms. The minimum atomic E-state index is 0.166. The maximum Gasteiger partial charge on any atom is 0.191 e. The number of rotatable bonds is 7. The number of hydrogen-bond donors (Lipinski definition) is 2. The summed E-state index contributed by atoms with van der Waals surface area (Å²) in [6.45, 7) is 8.05. The molecule has 0 amide bonds. The molecule has 0 spiro atoms. The van der Waals surface area contributed by atoms with Crippen LogP contribution in [0.15, 0.2) is 53.7 Å². The number of guanidine groups is 1. The largest absolute Gasteiger partial charge is 0.372 e. The molecule has 0 bridgehead atoms. The van der Waals surface area contributed by atoms with Crippen molar-refractivity contribution in [3.05, 3.63) is 60.0 Å². The summed E-state index contributed by atoms with van der Waals surface area (Å²) in [4.78, 5) is 7.23. The molecule has 0 radical (unpaired) electrons. The zero-order valence-electron chi connectivity index (χ0n) is 17.9. The number of anilines is 1. The molecule has 0 saturated carbocycles. The standard InChI is InChI=1S/C23H31N7/c1-3-24-23(25-13-12-22-28-27-21-11-4-5-16-30(21)22)26-18(2)19-9-8-10-20(17-19)29-14-6-7-15-29/h4-5,8-11,16-18H,3,6-7,12-15H2,1-2H3,(H2,24,25,26). The summed E-state index contributed by atoms with van der Waals surface area (Å²) in [6, 6.07) is 14.9. The molecule has 2 N–H and O–H groups in total. The molecule has 1 aromatic carbocycles. The molecule has 1 fully saturated rings. The van der Waals surface area contributed by atoms with E-state index < -0.39 is 0 Å². The van der Waals surface area contributed by atoms with Crippen LogP contribution in [0.25, 0.3) is 5.65 Å². The Morgan fingerprint density at radius 2 is 2.00 bits per heavy atom. The second-order valence-electron chi connectivity index (χ2n) is 7.71. The molecule has 1 unspecified atom stereocenters. The summed E-state index contributed by atoms with van der Waals surface area (Å²) in [5.74, 6) is 1.75. The van der Waals surface area contributed by atoms with Crippen LogP contribution in [0.5, 0.6) is 0 Å². The molecular weight excluding hydrogens is 374 g/mol. The lowest BCUT2D eigenvalue weighted by molar-refractivity contribution is 0.684. The zero-order chi connectivity index (χ0) is 20.8. The van der Waals surface area contributed by atoms with Gasteiger partial charge in [-0.1, -0.05) is 18.2 Å². The topological polar surface area (TPSA) is 69.8 Å². The Bertz CT molecular complexity index is 988. The minimum absolute atomic E-state index is 0.166. The smallest absolute Gasteiger partial charge is 0.191 e. The number of fused-ring (bicyclic) bond motifs is 1. The molecule has 1 atom stereocenters. The number of nitrogens with one attached hydrogen (secondary N) is 2. The number of hydrogen-bond acceptors (Lipinski definition) is 4. The van der Waals surface area contributed by atoms with Crippen molar-refractivity contribution < 1.29 is 0 Å². The third-order valence-electron chi connectivity index (χ3n) is 5.53. The maximum atomic E-state index is 4.76. The second kappa shape index (κ2) is 9.61. The summed E-state index contributed by atoms with van der Waals surface area (Å²) < 4.78 is 2.02. The van der Waals surface area contributed by atoms with E-state index in [1.807, 2.05) is 28.8 Å². The van der Waals surface area contributed by atoms with Crippen molar-refractivity contribution in [3.8, 4) is 0 Å². The number of nitrogens with zero attached hydrogens (tertiary/aromatic N) is 5. The highest BCUT2D eigenvalue weighted by Gasteiger charge is 2.14. The van der Waals surface area contributed by atoms with Gasteiger partial charge in [0.15, 0.2) is 11.6 Å². The van der Waals surface area contributed by atoms with Gasteiger partial charge in [0.05, 0.1) is 6.04 Å². The van der Waals surface area contributed by atoms with Crippen molar-refractivity contribution in [1.82, 2.24) is 25.2 Å². The molecule has 158 valence electrons. The van der Waals surface area contributed by atoms with E-state index in [2.05, 4.69) is 63.8 Å². The molecule has 7 heteroatoms. The van der Waals surface area contributed by atoms with Gasteiger partial charge in [-0.3, -0.25) is 9.39 Å². The summed E-state index contributed by atoms with van der Waals surface area (Å²) in [5.41, 5.74) is 3.46. The molecule has 3 aromatic rings. The Morgan fingerprint density at radius 3 is 2.83 bits per heavy atom. The average Bonchev–Trinajstić information content (AvgIpc) is 3.45. The Balaban J connectivity index is 1.40. The Hall–Kier alpha value is -3.09. The van der Waals surface area contributed by atoms with Crippen LogP contribution >= 0.6 is 0 Å². The van der Waals surface area contributed by atoms with Gasteiger partial charge in [0.25, 0.3) is 0 Å². The van der Waals surface area contributed by atoms with Gasteiger partial charge in [-0.25, -0.2) is 0 Å². The fourth-order valence-corrected chi connectivity index (χ4v) is 3.90. The Morgan fingerprint density at radius 1 is 1.13 bits per heavy atom. The van der Waals surface area contributed by atoms with Crippen LogP contribution in [0.1, 0.15) is 44.1 Å². The third kappa shape index (κ3) is 4.72. The highest BCUT2D eigenvalue weighted by Crippen LogP contribution is 2.23. The normalized spacial score (nSPS) is 15.5. The molecule has 1 saturated heterocycles. The van der Waals surface area contributed by atoms with Gasteiger partial charge in [0, 0.05) is 44.5 Å². The third-order valence-corrected chi connectivity index (χ3v) is 5.53. The van der Waals surface area contributed by atoms with Crippen molar-refractivity contribution in [3.63, 3.8) is 0 Å². The number of aromatic nitrogens is 3. The molecule has 7 nitrogen and oxygen atoms in total. The van der Waals surface area contributed by atoms with Gasteiger partial charge >= 0.3 is 0 Å². The summed E-state index contributed by atoms with van der Waals surface area (Å²) >= 11 is 0. The molecule has 3 heterocycles. The Kier molecular flexibility index (Phi) is 6.47. The van der Waals surface area contributed by atoms with Crippen LogP contribution in [-0.2, 0) is 6.42 Å². The van der Waals surface area contributed by atoms with E-state index in [0.717, 1.165) is 43.5 Å². The van der Waals surface area contributed by atoms with Crippen LogP contribution in [0.3, 0.4) is 0 Å². The van der Waals surface area contributed by atoms with Crippen LogP contribution in [-0.4, -0.2) is 46.7 Å². The quantitative estimate of drug-likeness (QED) is 0.467. The summed E-state index contributed by atoms with van der Waals surface area (Å²) in [6.07, 6.45) is 5.31. The number of pyridine rings is 1. The fraction of sp³-hybridized carbons (Fsp3) is 0.435. The van der Waals surface area contributed by atoms with Gasteiger partial charge in [-0.15, -0.1) is 10.2 Å². The van der Waals surface area contributed by atoms with Gasteiger partial charge in [0.2, 0.25) is 0 Å². The number of benzene rings is 1. The van der Waals surface area contributed by atoms with Crippen molar-refractivity contribution in [2.45, 2.75) is 39.2 Å². The van der Waals surface area contributed by atoms with Gasteiger partial charge in [-0.05, 0) is 56.5 Å². The van der Waals surface area contributed by atoms with Crippen molar-refractivity contribution in [2.24, 2.45) is 4.99 Å². The first kappa shape index (κ1) is 20.2. The van der Waals surface area contributed by atoms with Crippen LogP contribution < -0.4 is 15.5 Å². The number of aliphatic imine (C=N–C) groups is 1. The molecule has 1 aliphatic heterocycles. The molecule has 0 aliphatic carbocycles. The van der Waals surface area contributed by atoms with Gasteiger partial charge in [0.1, 0.15) is 5.82 Å². The lowest BCUT2D eigenvalue weighted by atomic mass is 10.1. The molecule has 4 rings (SSSR count). The maximum absolute atomic E-state index is 4.76. The van der Waals surface area contributed by atoms with Crippen molar-refractivity contribution in [2.75, 3.05) is 31.1 Å². The van der Waals surface area contributed by atoms with Gasteiger partial charge < -0.3 is 15.5 Å². The van der Waals surface area contributed by atoms with E-state index in [1.165, 1.54) is 24.1 Å². The fourth-order valence-electron chi connectivity index (χ4n) is 3.90. The van der Waals surface area contributed by atoms with E-state index in [4.69, 9.17) is 4.99 Å².